The molecule has 1 fully saturated rings. The molecule has 92 valence electrons. The maximum atomic E-state index is 11.0. The maximum absolute atomic E-state index is 11.0. The number of carboxylic acid groups (broad SMARTS) is 1. The number of nitrogen functional groups attached to an aromatic ring is 1. The van der Waals surface area contributed by atoms with E-state index in [1.165, 1.54) is 12.3 Å². The third-order valence-corrected chi connectivity index (χ3v) is 3.37. The van der Waals surface area contributed by atoms with E-state index in [0.29, 0.717) is 22.8 Å². The molecule has 1 aliphatic carbocycles. The Bertz CT molecular complexity index is 457. The number of rotatable bonds is 4. The average molecular weight is 235 g/mol. The Balaban J connectivity index is 2.08. The van der Waals surface area contributed by atoms with Crippen LogP contribution in [0.25, 0.3) is 0 Å². The first-order chi connectivity index (χ1) is 7.90. The molecule has 1 aromatic heterocycles. The molecule has 17 heavy (non-hydrogen) atoms. The van der Waals surface area contributed by atoms with Crippen molar-refractivity contribution in [3.63, 3.8) is 0 Å². The van der Waals surface area contributed by atoms with Crippen LogP contribution in [0.3, 0.4) is 0 Å². The van der Waals surface area contributed by atoms with E-state index < -0.39 is 5.97 Å². The van der Waals surface area contributed by atoms with E-state index in [1.54, 1.807) is 0 Å². The van der Waals surface area contributed by atoms with E-state index in [9.17, 15) is 4.79 Å². The van der Waals surface area contributed by atoms with Crippen LogP contribution in [0.2, 0.25) is 0 Å². The molecular formula is C12H17N3O2. The van der Waals surface area contributed by atoms with E-state index in [1.807, 2.05) is 0 Å². The lowest BCUT2D eigenvalue weighted by molar-refractivity contribution is 0.0697. The highest BCUT2D eigenvalue weighted by atomic mass is 16.4. The van der Waals surface area contributed by atoms with Crippen LogP contribution in [0, 0.1) is 11.3 Å². The summed E-state index contributed by atoms with van der Waals surface area (Å²) < 4.78 is 0. The molecule has 0 aromatic carbocycles. The Morgan fingerprint density at radius 3 is 2.88 bits per heavy atom. The van der Waals surface area contributed by atoms with Gasteiger partial charge in [-0.3, -0.25) is 0 Å². The van der Waals surface area contributed by atoms with Crippen LogP contribution in [0.1, 0.15) is 30.6 Å². The fourth-order valence-electron chi connectivity index (χ4n) is 1.93. The van der Waals surface area contributed by atoms with Gasteiger partial charge in [-0.15, -0.1) is 0 Å². The van der Waals surface area contributed by atoms with Gasteiger partial charge < -0.3 is 16.2 Å². The minimum atomic E-state index is -1.01. The molecule has 1 atom stereocenters. The second-order valence-electron chi connectivity index (χ2n) is 5.24. The Kier molecular flexibility index (Phi) is 2.69. The minimum absolute atomic E-state index is 0.128. The van der Waals surface area contributed by atoms with Gasteiger partial charge in [0.1, 0.15) is 11.4 Å². The van der Waals surface area contributed by atoms with Gasteiger partial charge in [0.25, 0.3) is 0 Å². The molecule has 5 heteroatoms. The number of carbonyl (C=O) groups is 1. The largest absolute Gasteiger partial charge is 0.478 e. The summed E-state index contributed by atoms with van der Waals surface area (Å²) in [5.41, 5.74) is 6.38. The molecule has 1 saturated carbocycles. The number of nitrogens with two attached hydrogens (primary N) is 1. The normalized spacial score (nSPS) is 20.9. The Morgan fingerprint density at radius 1 is 1.71 bits per heavy atom. The van der Waals surface area contributed by atoms with Crippen molar-refractivity contribution in [2.24, 2.45) is 11.3 Å². The lowest BCUT2D eigenvalue weighted by Gasteiger charge is -2.09. The number of nitrogens with one attached hydrogen (secondary N) is 1. The first-order valence-corrected chi connectivity index (χ1v) is 5.63. The highest BCUT2D eigenvalue weighted by molar-refractivity contribution is 5.94. The van der Waals surface area contributed by atoms with Crippen molar-refractivity contribution in [2.45, 2.75) is 20.3 Å². The zero-order chi connectivity index (χ0) is 12.6. The molecule has 0 saturated heterocycles. The summed E-state index contributed by atoms with van der Waals surface area (Å²) in [6.45, 7) is 5.16. The third kappa shape index (κ3) is 2.49. The number of hydrogen-bond acceptors (Lipinski definition) is 4. The van der Waals surface area contributed by atoms with Gasteiger partial charge in [-0.1, -0.05) is 13.8 Å². The van der Waals surface area contributed by atoms with Gasteiger partial charge in [-0.25, -0.2) is 9.78 Å². The molecule has 1 unspecified atom stereocenters. The van der Waals surface area contributed by atoms with E-state index in [0.717, 1.165) is 13.0 Å². The predicted octanol–water partition coefficient (Wildman–Crippen LogP) is 1.82. The van der Waals surface area contributed by atoms with Crippen LogP contribution in [0.5, 0.6) is 0 Å². The lowest BCUT2D eigenvalue weighted by Crippen LogP contribution is -2.13. The standard InChI is InChI=1S/C12H17N3O2/c1-12(2)4-7(12)5-14-10-9(11(16)17)3-8(13)6-15-10/h3,6-7H,4-5,13H2,1-2H3,(H,14,15)(H,16,17). The van der Waals surface area contributed by atoms with Crippen molar-refractivity contribution >= 4 is 17.5 Å². The molecule has 1 aliphatic rings. The average Bonchev–Trinajstić information content (AvgIpc) is 2.84. The molecule has 1 heterocycles. The minimum Gasteiger partial charge on any atom is -0.478 e. The molecular weight excluding hydrogens is 218 g/mol. The van der Waals surface area contributed by atoms with E-state index in [2.05, 4.69) is 24.1 Å². The van der Waals surface area contributed by atoms with E-state index in [4.69, 9.17) is 10.8 Å². The zero-order valence-electron chi connectivity index (χ0n) is 10.0. The molecule has 0 amide bonds. The number of pyridine rings is 1. The van der Waals surface area contributed by atoms with Gasteiger partial charge in [-0.05, 0) is 23.8 Å². The van der Waals surface area contributed by atoms with Crippen molar-refractivity contribution < 1.29 is 9.90 Å². The van der Waals surface area contributed by atoms with Crippen LogP contribution < -0.4 is 11.1 Å². The molecule has 0 spiro atoms. The van der Waals surface area contributed by atoms with Crippen molar-refractivity contribution in [1.82, 2.24) is 4.98 Å². The Morgan fingerprint density at radius 2 is 2.35 bits per heavy atom. The highest BCUT2D eigenvalue weighted by Gasteiger charge is 2.45. The lowest BCUT2D eigenvalue weighted by atomic mass is 10.1. The smallest absolute Gasteiger partial charge is 0.339 e. The number of aromatic carboxylic acids is 1. The van der Waals surface area contributed by atoms with Crippen molar-refractivity contribution in [3.05, 3.63) is 17.8 Å². The first kappa shape index (κ1) is 11.7. The number of hydrogen-bond donors (Lipinski definition) is 3. The van der Waals surface area contributed by atoms with E-state index in [-0.39, 0.29) is 5.56 Å². The van der Waals surface area contributed by atoms with Gasteiger partial charge in [0.2, 0.25) is 0 Å². The Hall–Kier alpha value is -1.78. The highest BCUT2D eigenvalue weighted by Crippen LogP contribution is 2.51. The Labute approximate surface area is 100 Å². The summed E-state index contributed by atoms with van der Waals surface area (Å²) in [5.74, 6) is -0.0275. The zero-order valence-corrected chi connectivity index (χ0v) is 10.0. The van der Waals surface area contributed by atoms with Crippen LogP contribution in [0.4, 0.5) is 11.5 Å². The number of nitrogens with zero attached hydrogens (tertiary/aromatic N) is 1. The summed E-state index contributed by atoms with van der Waals surface area (Å²) >= 11 is 0. The van der Waals surface area contributed by atoms with Crippen LogP contribution >= 0.6 is 0 Å². The van der Waals surface area contributed by atoms with Gasteiger partial charge in [0.15, 0.2) is 0 Å². The number of anilines is 2. The maximum Gasteiger partial charge on any atom is 0.339 e. The van der Waals surface area contributed by atoms with Gasteiger partial charge in [0.05, 0.1) is 11.9 Å². The fraction of sp³-hybridized carbons (Fsp3) is 0.500. The second-order valence-corrected chi connectivity index (χ2v) is 5.24. The summed E-state index contributed by atoms with van der Waals surface area (Å²) in [4.78, 5) is 15.1. The third-order valence-electron chi connectivity index (χ3n) is 3.37. The van der Waals surface area contributed by atoms with Gasteiger partial charge in [-0.2, -0.15) is 0 Å². The van der Waals surface area contributed by atoms with Crippen LogP contribution in [-0.4, -0.2) is 22.6 Å². The monoisotopic (exact) mass is 235 g/mol. The number of aromatic nitrogens is 1. The second kappa shape index (κ2) is 3.91. The SMILES string of the molecule is CC1(C)CC1CNc1ncc(N)cc1C(=O)O. The molecule has 0 bridgehead atoms. The topological polar surface area (TPSA) is 88.2 Å². The molecule has 2 rings (SSSR count). The summed E-state index contributed by atoms with van der Waals surface area (Å²) in [6, 6.07) is 1.43. The quantitative estimate of drug-likeness (QED) is 0.740. The van der Waals surface area contributed by atoms with Gasteiger partial charge in [0, 0.05) is 6.54 Å². The predicted molar refractivity (Wildman–Crippen MR) is 66.0 cm³/mol. The molecule has 5 nitrogen and oxygen atoms in total. The summed E-state index contributed by atoms with van der Waals surface area (Å²) in [6.07, 6.45) is 2.63. The molecule has 1 aromatic rings. The fourth-order valence-corrected chi connectivity index (χ4v) is 1.93. The summed E-state index contributed by atoms with van der Waals surface area (Å²) in [7, 11) is 0. The molecule has 0 radical (unpaired) electrons. The van der Waals surface area contributed by atoms with Crippen molar-refractivity contribution in [1.29, 1.82) is 0 Å². The molecule has 0 aliphatic heterocycles. The van der Waals surface area contributed by atoms with Gasteiger partial charge >= 0.3 is 5.97 Å². The van der Waals surface area contributed by atoms with Crippen LogP contribution in [0.15, 0.2) is 12.3 Å². The molecule has 4 N–H and O–H groups in total. The number of carboxylic acids is 1. The van der Waals surface area contributed by atoms with Crippen molar-refractivity contribution in [3.8, 4) is 0 Å². The van der Waals surface area contributed by atoms with E-state index >= 15 is 0 Å². The summed E-state index contributed by atoms with van der Waals surface area (Å²) in [5, 5.41) is 12.1. The van der Waals surface area contributed by atoms with Crippen LogP contribution in [-0.2, 0) is 0 Å². The first-order valence-electron chi connectivity index (χ1n) is 5.63. The van der Waals surface area contributed by atoms with Crippen molar-refractivity contribution in [2.75, 3.05) is 17.6 Å².